The second-order valence-electron chi connectivity index (χ2n) is 6.39. The van der Waals surface area contributed by atoms with Crippen LogP contribution in [-0.2, 0) is 15.1 Å². The van der Waals surface area contributed by atoms with Gasteiger partial charge in [0.15, 0.2) is 5.54 Å². The lowest BCUT2D eigenvalue weighted by atomic mass is 9.76. The summed E-state index contributed by atoms with van der Waals surface area (Å²) >= 11 is 0. The van der Waals surface area contributed by atoms with E-state index in [1.807, 2.05) is 0 Å². The number of para-hydroxylation sites is 2. The van der Waals surface area contributed by atoms with Gasteiger partial charge in [-0.15, -0.1) is 0 Å². The maximum Gasteiger partial charge on any atom is 0.256 e. The molecule has 1 fully saturated rings. The van der Waals surface area contributed by atoms with Crippen LogP contribution in [0.2, 0.25) is 0 Å². The van der Waals surface area contributed by atoms with Crippen LogP contribution in [0.3, 0.4) is 0 Å². The zero-order chi connectivity index (χ0) is 19.7. The largest absolute Gasteiger partial charge is 0.321 e. The third-order valence-electron chi connectivity index (χ3n) is 4.79. The second kappa shape index (κ2) is 6.84. The van der Waals surface area contributed by atoms with Gasteiger partial charge in [0.25, 0.3) is 5.91 Å². The van der Waals surface area contributed by atoms with E-state index in [-0.39, 0.29) is 17.8 Å². The van der Waals surface area contributed by atoms with Gasteiger partial charge in [-0.1, -0.05) is 24.3 Å². The number of β-lactam (4-membered cyclic amide) rings is 1. The lowest BCUT2D eigenvalue weighted by Crippen LogP contribution is -2.67. The molecule has 2 amide bonds. The Bertz CT molecular complexity index is 1060. The summed E-state index contributed by atoms with van der Waals surface area (Å²) in [4.78, 5) is 30.8. The lowest BCUT2D eigenvalue weighted by molar-refractivity contribution is -0.137. The number of amides is 2. The first-order valence-corrected chi connectivity index (χ1v) is 8.58. The number of carbonyl (C=O) groups is 2. The van der Waals surface area contributed by atoms with Crippen LogP contribution < -0.4 is 10.2 Å². The number of carbonyl (C=O) groups excluding carboxylic acids is 2. The van der Waals surface area contributed by atoms with Crippen LogP contribution in [0.15, 0.2) is 73.1 Å². The van der Waals surface area contributed by atoms with E-state index < -0.39 is 29.0 Å². The van der Waals surface area contributed by atoms with Gasteiger partial charge in [0.05, 0.1) is 17.8 Å². The lowest BCUT2D eigenvalue weighted by Gasteiger charge is -2.50. The predicted molar refractivity (Wildman–Crippen MR) is 99.4 cm³/mol. The predicted octanol–water partition coefficient (Wildman–Crippen LogP) is 3.63. The van der Waals surface area contributed by atoms with E-state index in [0.29, 0.717) is 5.56 Å². The number of aromatic nitrogens is 1. The molecule has 7 heteroatoms. The molecule has 2 heterocycles. The quantitative estimate of drug-likeness (QED) is 0.704. The highest BCUT2D eigenvalue weighted by atomic mass is 19.1. The maximum absolute atomic E-state index is 14.4. The van der Waals surface area contributed by atoms with Crippen LogP contribution in [0.1, 0.15) is 12.0 Å². The zero-order valence-corrected chi connectivity index (χ0v) is 14.6. The SMILES string of the molecule is O=C1CC(C(=O)Nc2ccccc2F)(c2ccncc2)N1c1ccccc1F. The fraction of sp³-hybridized carbons (Fsp3) is 0.0952. The summed E-state index contributed by atoms with van der Waals surface area (Å²) in [6.45, 7) is 0. The molecule has 0 spiro atoms. The second-order valence-corrected chi connectivity index (χ2v) is 6.39. The Morgan fingerprint density at radius 2 is 1.61 bits per heavy atom. The van der Waals surface area contributed by atoms with Crippen molar-refractivity contribution in [2.75, 3.05) is 10.2 Å². The molecule has 28 heavy (non-hydrogen) atoms. The van der Waals surface area contributed by atoms with E-state index in [4.69, 9.17) is 0 Å². The summed E-state index contributed by atoms with van der Waals surface area (Å²) < 4.78 is 28.5. The van der Waals surface area contributed by atoms with Crippen molar-refractivity contribution in [3.63, 3.8) is 0 Å². The molecule has 0 saturated carbocycles. The number of nitrogens with one attached hydrogen (secondary N) is 1. The molecule has 1 aliphatic rings. The third kappa shape index (κ3) is 2.72. The average Bonchev–Trinajstić information content (AvgIpc) is 2.70. The van der Waals surface area contributed by atoms with Gasteiger partial charge in [0.1, 0.15) is 11.6 Å². The first-order chi connectivity index (χ1) is 13.5. The molecule has 4 rings (SSSR count). The molecule has 1 unspecified atom stereocenters. The number of nitrogens with zero attached hydrogens (tertiary/aromatic N) is 2. The molecule has 140 valence electrons. The zero-order valence-electron chi connectivity index (χ0n) is 14.6. The standard InChI is InChI=1S/C21H15F2N3O2/c22-15-5-1-3-7-17(15)25-20(28)21(14-9-11-24-12-10-14)13-19(27)26(21)18-8-4-2-6-16(18)23/h1-12H,13H2,(H,25,28). The van der Waals surface area contributed by atoms with Crippen molar-refractivity contribution in [3.05, 3.63) is 90.3 Å². The van der Waals surface area contributed by atoms with Gasteiger partial charge in [-0.3, -0.25) is 19.5 Å². The molecule has 0 bridgehead atoms. The summed E-state index contributed by atoms with van der Waals surface area (Å²) in [7, 11) is 0. The third-order valence-corrected chi connectivity index (χ3v) is 4.79. The van der Waals surface area contributed by atoms with Crippen molar-refractivity contribution in [1.29, 1.82) is 0 Å². The topological polar surface area (TPSA) is 62.3 Å². The smallest absolute Gasteiger partial charge is 0.256 e. The summed E-state index contributed by atoms with van der Waals surface area (Å²) in [5.74, 6) is -2.28. The highest BCUT2D eigenvalue weighted by molar-refractivity contribution is 6.17. The maximum atomic E-state index is 14.4. The number of anilines is 2. The Morgan fingerprint density at radius 3 is 2.25 bits per heavy atom. The molecule has 2 aromatic carbocycles. The average molecular weight is 379 g/mol. The van der Waals surface area contributed by atoms with Crippen LogP contribution >= 0.6 is 0 Å². The van der Waals surface area contributed by atoms with E-state index in [2.05, 4.69) is 10.3 Å². The first-order valence-electron chi connectivity index (χ1n) is 8.58. The van der Waals surface area contributed by atoms with Gasteiger partial charge < -0.3 is 5.32 Å². The van der Waals surface area contributed by atoms with Crippen LogP contribution in [0.25, 0.3) is 0 Å². The number of hydrogen-bond acceptors (Lipinski definition) is 3. The Hall–Kier alpha value is -3.61. The molecule has 0 radical (unpaired) electrons. The fourth-order valence-electron chi connectivity index (χ4n) is 3.43. The molecule has 1 N–H and O–H groups in total. The van der Waals surface area contributed by atoms with Gasteiger partial charge in [-0.25, -0.2) is 8.78 Å². The molecule has 1 aliphatic heterocycles. The van der Waals surface area contributed by atoms with Gasteiger partial charge in [-0.2, -0.15) is 0 Å². The first kappa shape index (κ1) is 17.8. The Labute approximate surface area is 159 Å². The van der Waals surface area contributed by atoms with E-state index >= 15 is 0 Å². The molecular weight excluding hydrogens is 364 g/mol. The molecule has 1 atom stereocenters. The molecule has 0 aliphatic carbocycles. The van der Waals surface area contributed by atoms with Gasteiger partial charge in [-0.05, 0) is 42.0 Å². The van der Waals surface area contributed by atoms with E-state index in [1.54, 1.807) is 24.3 Å². The van der Waals surface area contributed by atoms with Crippen molar-refractivity contribution in [2.24, 2.45) is 0 Å². The van der Waals surface area contributed by atoms with Crippen LogP contribution in [0.4, 0.5) is 20.2 Å². The van der Waals surface area contributed by atoms with Crippen LogP contribution in [-0.4, -0.2) is 16.8 Å². The van der Waals surface area contributed by atoms with Gasteiger partial charge >= 0.3 is 0 Å². The Morgan fingerprint density at radius 1 is 0.964 bits per heavy atom. The highest BCUT2D eigenvalue weighted by Gasteiger charge is 2.59. The number of halogens is 2. The van der Waals surface area contributed by atoms with Gasteiger partial charge in [0.2, 0.25) is 5.91 Å². The summed E-state index contributed by atoms with van der Waals surface area (Å²) in [6, 6.07) is 14.6. The van der Waals surface area contributed by atoms with E-state index in [9.17, 15) is 18.4 Å². The van der Waals surface area contributed by atoms with Crippen LogP contribution in [0, 0.1) is 11.6 Å². The van der Waals surface area contributed by atoms with Crippen molar-refractivity contribution in [3.8, 4) is 0 Å². The molecule has 3 aromatic rings. The van der Waals surface area contributed by atoms with E-state index in [1.165, 1.54) is 48.8 Å². The minimum absolute atomic E-state index is 0.0146. The molecule has 1 aromatic heterocycles. The van der Waals surface area contributed by atoms with Gasteiger partial charge in [0, 0.05) is 12.4 Å². The van der Waals surface area contributed by atoms with Crippen molar-refractivity contribution < 1.29 is 18.4 Å². The Kier molecular flexibility index (Phi) is 4.35. The summed E-state index contributed by atoms with van der Waals surface area (Å²) in [5, 5.41) is 2.54. The van der Waals surface area contributed by atoms with Crippen molar-refractivity contribution >= 4 is 23.2 Å². The molecule has 1 saturated heterocycles. The van der Waals surface area contributed by atoms with Crippen molar-refractivity contribution in [2.45, 2.75) is 12.0 Å². The Balaban J connectivity index is 1.82. The van der Waals surface area contributed by atoms with E-state index in [0.717, 1.165) is 4.90 Å². The highest BCUT2D eigenvalue weighted by Crippen LogP contribution is 2.46. The minimum atomic E-state index is -1.51. The monoisotopic (exact) mass is 379 g/mol. The number of benzene rings is 2. The summed E-state index contributed by atoms with van der Waals surface area (Å²) in [6.07, 6.45) is 2.79. The number of hydrogen-bond donors (Lipinski definition) is 1. The molecular formula is C21H15F2N3O2. The van der Waals surface area contributed by atoms with Crippen molar-refractivity contribution in [1.82, 2.24) is 4.98 Å². The molecule has 5 nitrogen and oxygen atoms in total. The fourth-order valence-corrected chi connectivity index (χ4v) is 3.43. The minimum Gasteiger partial charge on any atom is -0.321 e. The normalized spacial score (nSPS) is 18.5. The number of rotatable bonds is 4. The number of pyridine rings is 1. The summed E-state index contributed by atoms with van der Waals surface area (Å²) in [5.41, 5.74) is -1.09. The van der Waals surface area contributed by atoms with Crippen LogP contribution in [0.5, 0.6) is 0 Å².